The zero-order chi connectivity index (χ0) is 36.5. The molecule has 5 rings (SSSR count). The third-order valence-electron chi connectivity index (χ3n) is 16.6. The van der Waals surface area contributed by atoms with Crippen molar-refractivity contribution in [3.63, 3.8) is 0 Å². The highest BCUT2D eigenvalue weighted by atomic mass is 16.5. The lowest BCUT2D eigenvalue weighted by molar-refractivity contribution is -0.248. The van der Waals surface area contributed by atoms with Crippen LogP contribution in [-0.2, 0) is 19.1 Å². The number of allylic oxidation sites excluding steroid dienone is 1. The number of unbranched alkanes of at least 4 members (excludes halogenated alkanes) is 8. The summed E-state index contributed by atoms with van der Waals surface area (Å²) in [5.41, 5.74) is 1.65. The quantitative estimate of drug-likeness (QED) is 0.101. The third kappa shape index (κ3) is 6.97. The topological polar surface area (TPSA) is 92.7 Å². The SMILES string of the molecule is C=C(C)[C@@H]1CC[C@]2(C(=O)NCCCCCCCCCCCC(=O)O)CC[C@]3(C)[C@H](CCC4[C@@]5(C)CC[C@H](OC(C)=O)C(C)(C)[C@@H]5CC[C@]43C)[C@@H]12. The van der Waals surface area contributed by atoms with Crippen molar-refractivity contribution < 1.29 is 24.2 Å². The van der Waals surface area contributed by atoms with Gasteiger partial charge in [-0.3, -0.25) is 14.4 Å². The fourth-order valence-electron chi connectivity index (χ4n) is 13.9. The summed E-state index contributed by atoms with van der Waals surface area (Å²) in [7, 11) is 0. The summed E-state index contributed by atoms with van der Waals surface area (Å²) in [4.78, 5) is 37.1. The van der Waals surface area contributed by atoms with Crippen molar-refractivity contribution in [2.24, 2.45) is 56.7 Å². The molecule has 0 radical (unpaired) electrons. The molecule has 0 heterocycles. The van der Waals surface area contributed by atoms with Crippen LogP contribution in [0.1, 0.15) is 177 Å². The Morgan fingerprint density at radius 1 is 0.720 bits per heavy atom. The Hall–Kier alpha value is -1.85. The second-order valence-corrected chi connectivity index (χ2v) is 19.4. The molecule has 5 aliphatic carbocycles. The number of aliphatic carboxylic acids is 1. The summed E-state index contributed by atoms with van der Waals surface area (Å²) in [6, 6.07) is 0. The first-order chi connectivity index (χ1) is 23.5. The Balaban J connectivity index is 1.22. The Bertz CT molecular complexity index is 1260. The van der Waals surface area contributed by atoms with Gasteiger partial charge in [0.05, 0.1) is 5.41 Å². The molecule has 5 fully saturated rings. The summed E-state index contributed by atoms with van der Waals surface area (Å²) in [5, 5.41) is 12.3. The lowest BCUT2D eigenvalue weighted by Gasteiger charge is -2.72. The average Bonchev–Trinajstić information content (AvgIpc) is 3.44. The Kier molecular flexibility index (Phi) is 12.0. The maximum atomic E-state index is 14.4. The van der Waals surface area contributed by atoms with E-state index in [9.17, 15) is 14.4 Å². The number of carboxylic acid groups (broad SMARTS) is 1. The zero-order valence-corrected chi connectivity index (χ0v) is 33.1. The number of rotatable bonds is 15. The van der Waals surface area contributed by atoms with Crippen LogP contribution in [0.4, 0.5) is 0 Å². The predicted molar refractivity (Wildman–Crippen MR) is 201 cm³/mol. The maximum Gasteiger partial charge on any atom is 0.303 e. The molecule has 6 heteroatoms. The van der Waals surface area contributed by atoms with Gasteiger partial charge >= 0.3 is 11.9 Å². The van der Waals surface area contributed by atoms with Crippen LogP contribution >= 0.6 is 0 Å². The second-order valence-electron chi connectivity index (χ2n) is 19.4. The fraction of sp³-hybridized carbons (Fsp3) is 0.886. The van der Waals surface area contributed by atoms with Gasteiger partial charge in [0.25, 0.3) is 0 Å². The van der Waals surface area contributed by atoms with E-state index in [1.165, 1.54) is 56.9 Å². The van der Waals surface area contributed by atoms with Crippen molar-refractivity contribution in [1.82, 2.24) is 5.32 Å². The monoisotopic (exact) mass is 696 g/mol. The first-order valence-corrected chi connectivity index (χ1v) is 20.9. The molecule has 5 aliphatic rings. The average molecular weight is 696 g/mol. The van der Waals surface area contributed by atoms with E-state index in [0.717, 1.165) is 77.2 Å². The number of hydrogen-bond acceptors (Lipinski definition) is 4. The van der Waals surface area contributed by atoms with Crippen molar-refractivity contribution in [3.05, 3.63) is 12.2 Å². The second kappa shape index (κ2) is 15.2. The molecule has 1 unspecified atom stereocenters. The van der Waals surface area contributed by atoms with E-state index in [1.54, 1.807) is 6.92 Å². The van der Waals surface area contributed by atoms with E-state index >= 15 is 0 Å². The highest BCUT2D eigenvalue weighted by Crippen LogP contribution is 2.77. The van der Waals surface area contributed by atoms with Gasteiger partial charge in [0.15, 0.2) is 0 Å². The van der Waals surface area contributed by atoms with E-state index in [0.29, 0.717) is 41.9 Å². The smallest absolute Gasteiger partial charge is 0.303 e. The molecule has 0 aromatic rings. The molecule has 0 saturated heterocycles. The molecule has 0 aliphatic heterocycles. The number of amides is 1. The number of ether oxygens (including phenoxy) is 1. The number of carbonyl (C=O) groups excluding carboxylic acids is 2. The number of fused-ring (bicyclic) bond motifs is 7. The summed E-state index contributed by atoms with van der Waals surface area (Å²) in [6.07, 6.45) is 21.6. The Morgan fingerprint density at radius 3 is 1.98 bits per heavy atom. The van der Waals surface area contributed by atoms with Crippen LogP contribution < -0.4 is 5.32 Å². The van der Waals surface area contributed by atoms with Crippen molar-refractivity contribution in [3.8, 4) is 0 Å². The molecule has 50 heavy (non-hydrogen) atoms. The zero-order valence-electron chi connectivity index (χ0n) is 33.1. The number of esters is 1. The van der Waals surface area contributed by atoms with Crippen LogP contribution in [-0.4, -0.2) is 35.6 Å². The molecule has 0 aromatic heterocycles. The van der Waals surface area contributed by atoms with Gasteiger partial charge in [0.1, 0.15) is 6.10 Å². The minimum absolute atomic E-state index is 0.00562. The minimum Gasteiger partial charge on any atom is -0.481 e. The first-order valence-electron chi connectivity index (χ1n) is 20.9. The van der Waals surface area contributed by atoms with E-state index < -0.39 is 5.97 Å². The highest BCUT2D eigenvalue weighted by molar-refractivity contribution is 5.84. The number of carbonyl (C=O) groups is 3. The molecule has 0 bridgehead atoms. The van der Waals surface area contributed by atoms with E-state index in [1.807, 2.05) is 0 Å². The summed E-state index contributed by atoms with van der Waals surface area (Å²) >= 11 is 0. The summed E-state index contributed by atoms with van der Waals surface area (Å²) < 4.78 is 5.96. The molecular formula is C44H73NO5. The number of carboxylic acids is 1. The van der Waals surface area contributed by atoms with Crippen LogP contribution in [0.15, 0.2) is 12.2 Å². The largest absolute Gasteiger partial charge is 0.481 e. The van der Waals surface area contributed by atoms with Crippen LogP contribution in [0.5, 0.6) is 0 Å². The van der Waals surface area contributed by atoms with Gasteiger partial charge < -0.3 is 15.2 Å². The molecule has 5 saturated carbocycles. The molecule has 1 amide bonds. The Labute approximate surface area is 305 Å². The molecular weight excluding hydrogens is 622 g/mol. The minimum atomic E-state index is -0.687. The van der Waals surface area contributed by atoms with Crippen LogP contribution in [0.25, 0.3) is 0 Å². The molecule has 10 atom stereocenters. The summed E-state index contributed by atoms with van der Waals surface area (Å²) in [6.45, 7) is 21.8. The van der Waals surface area contributed by atoms with Gasteiger partial charge in [-0.15, -0.1) is 0 Å². The standard InChI is InChI=1S/C44H73NO5/c1-30(2)32-21-26-44(39(49)45-29-17-15-13-11-9-10-12-14-16-18-37(47)48)28-27-42(7)33(38(32)44)19-20-35-41(6)24-23-36(50-31(3)46)40(4,5)34(41)22-25-43(35,42)8/h32-36,38H,1,9-29H2,2-8H3,(H,45,49)(H,47,48)/t32-,33+,34-,35?,36-,38+,41-,42+,43+,44-/m0/s1. The van der Waals surface area contributed by atoms with Crippen molar-refractivity contribution in [2.45, 2.75) is 183 Å². The summed E-state index contributed by atoms with van der Waals surface area (Å²) in [5.74, 6) is 2.06. The fourth-order valence-corrected chi connectivity index (χ4v) is 13.9. The van der Waals surface area contributed by atoms with Crippen molar-refractivity contribution >= 4 is 17.8 Å². The van der Waals surface area contributed by atoms with Gasteiger partial charge in [-0.25, -0.2) is 0 Å². The maximum absolute atomic E-state index is 14.4. The van der Waals surface area contributed by atoms with Gasteiger partial charge in [-0.1, -0.05) is 91.7 Å². The molecule has 6 nitrogen and oxygen atoms in total. The van der Waals surface area contributed by atoms with Crippen molar-refractivity contribution in [2.75, 3.05) is 6.54 Å². The highest BCUT2D eigenvalue weighted by Gasteiger charge is 2.72. The van der Waals surface area contributed by atoms with Crippen LogP contribution in [0, 0.1) is 56.7 Å². The van der Waals surface area contributed by atoms with Crippen LogP contribution in [0.2, 0.25) is 0 Å². The molecule has 2 N–H and O–H groups in total. The van der Waals surface area contributed by atoms with Crippen LogP contribution in [0.3, 0.4) is 0 Å². The Morgan fingerprint density at radius 2 is 1.36 bits per heavy atom. The van der Waals surface area contributed by atoms with Gasteiger partial charge in [0, 0.05) is 25.3 Å². The van der Waals surface area contributed by atoms with E-state index in [-0.39, 0.29) is 39.1 Å². The van der Waals surface area contributed by atoms with Gasteiger partial charge in [-0.05, 0) is 130 Å². The van der Waals surface area contributed by atoms with Crippen molar-refractivity contribution in [1.29, 1.82) is 0 Å². The number of nitrogens with one attached hydrogen (secondary N) is 1. The van der Waals surface area contributed by atoms with Gasteiger partial charge in [-0.2, -0.15) is 0 Å². The first kappa shape index (κ1) is 39.4. The molecule has 284 valence electrons. The normalized spacial score (nSPS) is 40.1. The third-order valence-corrected chi connectivity index (χ3v) is 16.6. The van der Waals surface area contributed by atoms with Gasteiger partial charge in [0.2, 0.25) is 5.91 Å². The predicted octanol–water partition coefficient (Wildman–Crippen LogP) is 10.7. The number of hydrogen-bond donors (Lipinski definition) is 2. The lowest BCUT2D eigenvalue weighted by Crippen LogP contribution is -2.67. The van der Waals surface area contributed by atoms with E-state index in [4.69, 9.17) is 9.84 Å². The molecule has 0 spiro atoms. The van der Waals surface area contributed by atoms with E-state index in [2.05, 4.69) is 53.4 Å². The molecule has 0 aromatic carbocycles. The lowest BCUT2D eigenvalue weighted by atomic mass is 9.32.